The van der Waals surface area contributed by atoms with Gasteiger partial charge in [-0.05, 0) is 23.3 Å². The first-order valence-electron chi connectivity index (χ1n) is 6.43. The third kappa shape index (κ3) is 4.41. The molecule has 2 nitrogen and oxygen atoms in total. The summed E-state index contributed by atoms with van der Waals surface area (Å²) in [6, 6.07) is 15.9. The molecule has 2 aromatic rings. The predicted octanol–water partition coefficient (Wildman–Crippen LogP) is 4.64. The molecule has 0 N–H and O–H groups in total. The predicted molar refractivity (Wildman–Crippen MR) is 83.9 cm³/mol. The third-order valence-corrected chi connectivity index (χ3v) is 3.20. The van der Waals surface area contributed by atoms with E-state index in [0.717, 1.165) is 11.1 Å². The second-order valence-corrected chi connectivity index (χ2v) is 4.95. The lowest BCUT2D eigenvalue weighted by atomic mass is 10.1. The molecular formula is C16H16Cl2O2. The molecule has 0 atom stereocenters. The Bertz CT molecular complexity index is 529. The van der Waals surface area contributed by atoms with E-state index in [9.17, 15) is 0 Å². The number of halogens is 2. The van der Waals surface area contributed by atoms with E-state index in [1.807, 2.05) is 48.5 Å². The summed E-state index contributed by atoms with van der Waals surface area (Å²) in [6.45, 7) is 1.50. The van der Waals surface area contributed by atoms with Crippen molar-refractivity contribution in [2.24, 2.45) is 0 Å². The van der Waals surface area contributed by atoms with E-state index in [0.29, 0.717) is 36.5 Å². The van der Waals surface area contributed by atoms with Crippen molar-refractivity contribution in [1.29, 1.82) is 0 Å². The van der Waals surface area contributed by atoms with Crippen LogP contribution in [0, 0.1) is 0 Å². The molecule has 0 aromatic heterocycles. The van der Waals surface area contributed by atoms with Gasteiger partial charge in [-0.2, -0.15) is 0 Å². The molecule has 0 amide bonds. The Kier molecular flexibility index (Phi) is 6.19. The van der Waals surface area contributed by atoms with Gasteiger partial charge < -0.3 is 9.47 Å². The summed E-state index contributed by atoms with van der Waals surface area (Å²) in [6.07, 6.45) is 0. The second-order valence-electron chi connectivity index (χ2n) is 4.16. The maximum Gasteiger partial charge on any atom is 0.138 e. The maximum atomic E-state index is 6.23. The van der Waals surface area contributed by atoms with Crippen LogP contribution in [-0.4, -0.2) is 25.7 Å². The van der Waals surface area contributed by atoms with Gasteiger partial charge in [0.05, 0.1) is 18.2 Å². The lowest BCUT2D eigenvalue weighted by Crippen LogP contribution is -2.08. The normalized spacial score (nSPS) is 10.5. The highest BCUT2D eigenvalue weighted by Gasteiger charge is 2.04. The smallest absolute Gasteiger partial charge is 0.138 e. The van der Waals surface area contributed by atoms with Crippen LogP contribution < -0.4 is 4.74 Å². The van der Waals surface area contributed by atoms with Crippen molar-refractivity contribution in [3.8, 4) is 16.9 Å². The molecular weight excluding hydrogens is 295 g/mol. The summed E-state index contributed by atoms with van der Waals surface area (Å²) in [4.78, 5) is 0. The number of alkyl halides is 1. The number of hydrogen-bond acceptors (Lipinski definition) is 2. The van der Waals surface area contributed by atoms with Crippen molar-refractivity contribution in [2.75, 3.05) is 25.7 Å². The molecule has 106 valence electrons. The van der Waals surface area contributed by atoms with Crippen molar-refractivity contribution in [3.05, 3.63) is 53.6 Å². The molecule has 4 heteroatoms. The van der Waals surface area contributed by atoms with Gasteiger partial charge in [0, 0.05) is 5.88 Å². The first kappa shape index (κ1) is 15.2. The molecule has 0 saturated heterocycles. The van der Waals surface area contributed by atoms with Gasteiger partial charge in [0.25, 0.3) is 0 Å². The molecule has 0 aliphatic carbocycles. The molecule has 2 rings (SSSR count). The van der Waals surface area contributed by atoms with E-state index in [1.54, 1.807) is 0 Å². The van der Waals surface area contributed by atoms with Gasteiger partial charge >= 0.3 is 0 Å². The highest BCUT2D eigenvalue weighted by Crippen LogP contribution is 2.30. The van der Waals surface area contributed by atoms with E-state index < -0.39 is 0 Å². The number of benzene rings is 2. The molecule has 0 fully saturated rings. The van der Waals surface area contributed by atoms with E-state index in [4.69, 9.17) is 32.7 Å². The van der Waals surface area contributed by atoms with Gasteiger partial charge in [-0.25, -0.2) is 0 Å². The van der Waals surface area contributed by atoms with Crippen LogP contribution in [0.4, 0.5) is 0 Å². The zero-order valence-electron chi connectivity index (χ0n) is 11.0. The molecule has 0 spiro atoms. The van der Waals surface area contributed by atoms with E-state index in [-0.39, 0.29) is 0 Å². The molecule has 2 aromatic carbocycles. The minimum absolute atomic E-state index is 0.460. The van der Waals surface area contributed by atoms with Gasteiger partial charge in [0.15, 0.2) is 0 Å². The number of ether oxygens (including phenoxy) is 2. The Morgan fingerprint density at radius 1 is 0.850 bits per heavy atom. The summed E-state index contributed by atoms with van der Waals surface area (Å²) in [5.74, 6) is 1.16. The van der Waals surface area contributed by atoms with E-state index in [2.05, 4.69) is 0 Å². The van der Waals surface area contributed by atoms with Crippen LogP contribution in [0.15, 0.2) is 48.5 Å². The Labute approximate surface area is 129 Å². The fraction of sp³-hybridized carbons (Fsp3) is 0.250. The highest BCUT2D eigenvalue weighted by molar-refractivity contribution is 6.32. The molecule has 0 aliphatic heterocycles. The zero-order valence-corrected chi connectivity index (χ0v) is 12.5. The summed E-state index contributed by atoms with van der Waals surface area (Å²) >= 11 is 11.7. The quantitative estimate of drug-likeness (QED) is 0.548. The van der Waals surface area contributed by atoms with Crippen molar-refractivity contribution in [2.45, 2.75) is 0 Å². The topological polar surface area (TPSA) is 18.5 Å². The monoisotopic (exact) mass is 310 g/mol. The SMILES string of the molecule is ClCCOCCOc1ccc(-c2ccccc2)cc1Cl. The van der Waals surface area contributed by atoms with E-state index in [1.165, 1.54) is 0 Å². The number of hydrogen-bond donors (Lipinski definition) is 0. The van der Waals surface area contributed by atoms with Gasteiger partial charge in [0.2, 0.25) is 0 Å². The number of rotatable bonds is 7. The molecule has 0 heterocycles. The summed E-state index contributed by atoms with van der Waals surface area (Å²) in [5.41, 5.74) is 2.20. The Hall–Kier alpha value is -1.22. The fourth-order valence-electron chi connectivity index (χ4n) is 1.80. The van der Waals surface area contributed by atoms with Crippen molar-refractivity contribution in [3.63, 3.8) is 0 Å². The Morgan fingerprint density at radius 2 is 1.65 bits per heavy atom. The average molecular weight is 311 g/mol. The van der Waals surface area contributed by atoms with Crippen LogP contribution in [0.2, 0.25) is 5.02 Å². The molecule has 0 saturated carbocycles. The van der Waals surface area contributed by atoms with Crippen molar-refractivity contribution >= 4 is 23.2 Å². The van der Waals surface area contributed by atoms with Crippen LogP contribution in [0.25, 0.3) is 11.1 Å². The average Bonchev–Trinajstić information content (AvgIpc) is 2.49. The van der Waals surface area contributed by atoms with Crippen LogP contribution >= 0.6 is 23.2 Å². The standard InChI is InChI=1S/C16H16Cl2O2/c17-8-9-19-10-11-20-16-7-6-14(12-15(16)18)13-4-2-1-3-5-13/h1-7,12H,8-11H2. The van der Waals surface area contributed by atoms with Gasteiger partial charge in [-0.15, -0.1) is 11.6 Å². The molecule has 0 bridgehead atoms. The highest BCUT2D eigenvalue weighted by atomic mass is 35.5. The van der Waals surface area contributed by atoms with Gasteiger partial charge in [-0.1, -0.05) is 48.0 Å². The van der Waals surface area contributed by atoms with Crippen LogP contribution in [0.3, 0.4) is 0 Å². The lowest BCUT2D eigenvalue weighted by molar-refractivity contribution is 0.111. The molecule has 0 radical (unpaired) electrons. The third-order valence-electron chi connectivity index (χ3n) is 2.75. The van der Waals surface area contributed by atoms with Gasteiger partial charge in [0.1, 0.15) is 12.4 Å². The molecule has 0 unspecified atom stereocenters. The minimum atomic E-state index is 0.460. The van der Waals surface area contributed by atoms with Crippen LogP contribution in [0.5, 0.6) is 5.75 Å². The van der Waals surface area contributed by atoms with Crippen LogP contribution in [-0.2, 0) is 4.74 Å². The molecule has 20 heavy (non-hydrogen) atoms. The van der Waals surface area contributed by atoms with Crippen LogP contribution in [0.1, 0.15) is 0 Å². The lowest BCUT2D eigenvalue weighted by Gasteiger charge is -2.10. The van der Waals surface area contributed by atoms with Crippen molar-refractivity contribution < 1.29 is 9.47 Å². The minimum Gasteiger partial charge on any atom is -0.490 e. The second kappa shape index (κ2) is 8.15. The Morgan fingerprint density at radius 3 is 2.35 bits per heavy atom. The Balaban J connectivity index is 1.96. The summed E-state index contributed by atoms with van der Waals surface area (Å²) in [7, 11) is 0. The summed E-state index contributed by atoms with van der Waals surface area (Å²) < 4.78 is 10.8. The fourth-order valence-corrected chi connectivity index (χ4v) is 2.14. The van der Waals surface area contributed by atoms with Crippen molar-refractivity contribution in [1.82, 2.24) is 0 Å². The van der Waals surface area contributed by atoms with Gasteiger partial charge in [-0.3, -0.25) is 0 Å². The van der Waals surface area contributed by atoms with E-state index >= 15 is 0 Å². The largest absolute Gasteiger partial charge is 0.490 e. The maximum absolute atomic E-state index is 6.23. The summed E-state index contributed by atoms with van der Waals surface area (Å²) in [5, 5.41) is 0.601. The molecule has 0 aliphatic rings. The zero-order chi connectivity index (χ0) is 14.2. The first-order valence-corrected chi connectivity index (χ1v) is 7.34. The first-order chi connectivity index (χ1) is 9.81.